The van der Waals surface area contributed by atoms with E-state index in [2.05, 4.69) is 15.6 Å². The van der Waals surface area contributed by atoms with Gasteiger partial charge in [-0.2, -0.15) is 0 Å². The lowest BCUT2D eigenvalue weighted by Crippen LogP contribution is -2.22. The molecule has 0 aliphatic heterocycles. The zero-order valence-electron chi connectivity index (χ0n) is 19.5. The summed E-state index contributed by atoms with van der Waals surface area (Å²) < 4.78 is 0. The summed E-state index contributed by atoms with van der Waals surface area (Å²) in [5.41, 5.74) is 2.67. The quantitative estimate of drug-likeness (QED) is 0.136. The van der Waals surface area contributed by atoms with Crippen LogP contribution in [0.3, 0.4) is 0 Å². The minimum absolute atomic E-state index is 0.0201. The molecule has 1 atom stereocenters. The standard InChI is InChI=1S/C26H21ClN4O4S2/c1-16(25(33)30-26-29-23(15-36-26)18-3-2-4-21(14-18)31(34)35)37-22-11-9-20(10-12-22)28-24(32)13-17-5-7-19(27)8-6-17/h2-12,14-16H,13H2,1H3,(H,28,32)(H,29,30,33). The molecule has 1 heterocycles. The van der Waals surface area contributed by atoms with Gasteiger partial charge in [0.2, 0.25) is 11.8 Å². The number of aromatic nitrogens is 1. The van der Waals surface area contributed by atoms with Crippen molar-refractivity contribution in [2.75, 3.05) is 10.6 Å². The molecule has 0 radical (unpaired) electrons. The fourth-order valence-electron chi connectivity index (χ4n) is 3.32. The molecule has 2 amide bonds. The van der Waals surface area contributed by atoms with Gasteiger partial charge in [-0.15, -0.1) is 23.1 Å². The van der Waals surface area contributed by atoms with Crippen molar-refractivity contribution in [3.8, 4) is 11.3 Å². The van der Waals surface area contributed by atoms with Crippen LogP contribution in [0, 0.1) is 10.1 Å². The molecule has 4 rings (SSSR count). The summed E-state index contributed by atoms with van der Waals surface area (Å²) in [5.74, 6) is -0.353. The number of nitrogens with zero attached hydrogens (tertiary/aromatic N) is 2. The fraction of sp³-hybridized carbons (Fsp3) is 0.115. The fourth-order valence-corrected chi connectivity index (χ4v) is 5.03. The van der Waals surface area contributed by atoms with E-state index >= 15 is 0 Å². The first-order chi connectivity index (χ1) is 17.8. The van der Waals surface area contributed by atoms with Crippen LogP contribution in [0.2, 0.25) is 5.02 Å². The van der Waals surface area contributed by atoms with E-state index in [-0.39, 0.29) is 23.9 Å². The van der Waals surface area contributed by atoms with Crippen LogP contribution in [0.15, 0.2) is 83.1 Å². The molecule has 1 unspecified atom stereocenters. The number of nitrogens with one attached hydrogen (secondary N) is 2. The third-order valence-corrected chi connectivity index (χ3v) is 7.31. The van der Waals surface area contributed by atoms with E-state index in [9.17, 15) is 19.7 Å². The second-order valence-electron chi connectivity index (χ2n) is 7.97. The number of carbonyl (C=O) groups excluding carboxylic acids is 2. The van der Waals surface area contributed by atoms with Crippen molar-refractivity contribution in [3.63, 3.8) is 0 Å². The highest BCUT2D eigenvalue weighted by molar-refractivity contribution is 8.00. The van der Waals surface area contributed by atoms with Crippen LogP contribution in [0.4, 0.5) is 16.5 Å². The predicted molar refractivity (Wildman–Crippen MR) is 148 cm³/mol. The van der Waals surface area contributed by atoms with Crippen LogP contribution >= 0.6 is 34.7 Å². The van der Waals surface area contributed by atoms with Gasteiger partial charge in [-0.3, -0.25) is 19.7 Å². The average Bonchev–Trinajstić information content (AvgIpc) is 3.35. The van der Waals surface area contributed by atoms with Crippen molar-refractivity contribution in [2.24, 2.45) is 0 Å². The molecule has 0 saturated heterocycles. The second kappa shape index (κ2) is 12.0. The molecule has 188 valence electrons. The first-order valence-electron chi connectivity index (χ1n) is 11.1. The average molecular weight is 553 g/mol. The number of non-ortho nitro benzene ring substituents is 1. The lowest BCUT2D eigenvalue weighted by atomic mass is 10.1. The van der Waals surface area contributed by atoms with Gasteiger partial charge in [0.25, 0.3) is 5.69 Å². The predicted octanol–water partition coefficient (Wildman–Crippen LogP) is 6.67. The van der Waals surface area contributed by atoms with Crippen LogP contribution in [0.5, 0.6) is 0 Å². The Morgan fingerprint density at radius 3 is 2.51 bits per heavy atom. The van der Waals surface area contributed by atoms with Crippen molar-refractivity contribution < 1.29 is 14.5 Å². The Labute approximate surface area is 226 Å². The van der Waals surface area contributed by atoms with Gasteiger partial charge in [-0.25, -0.2) is 4.98 Å². The van der Waals surface area contributed by atoms with Gasteiger partial charge in [0.05, 0.1) is 22.3 Å². The highest BCUT2D eigenvalue weighted by Crippen LogP contribution is 2.29. The van der Waals surface area contributed by atoms with Crippen LogP contribution in [-0.2, 0) is 16.0 Å². The molecule has 0 bridgehead atoms. The smallest absolute Gasteiger partial charge is 0.270 e. The molecule has 0 aliphatic carbocycles. The minimum Gasteiger partial charge on any atom is -0.326 e. The molecule has 2 N–H and O–H groups in total. The van der Waals surface area contributed by atoms with Gasteiger partial charge in [0.1, 0.15) is 0 Å². The molecule has 0 aliphatic rings. The molecular weight excluding hydrogens is 532 g/mol. The second-order valence-corrected chi connectivity index (χ2v) is 10.7. The lowest BCUT2D eigenvalue weighted by molar-refractivity contribution is -0.384. The van der Waals surface area contributed by atoms with Crippen molar-refractivity contribution in [3.05, 3.63) is 98.9 Å². The van der Waals surface area contributed by atoms with Crippen molar-refractivity contribution in [2.45, 2.75) is 23.5 Å². The van der Waals surface area contributed by atoms with Crippen LogP contribution in [-0.4, -0.2) is 27.0 Å². The highest BCUT2D eigenvalue weighted by Gasteiger charge is 2.17. The third kappa shape index (κ3) is 7.39. The van der Waals surface area contributed by atoms with Crippen LogP contribution < -0.4 is 10.6 Å². The summed E-state index contributed by atoms with van der Waals surface area (Å²) in [6.45, 7) is 1.79. The number of hydrogen-bond acceptors (Lipinski definition) is 7. The number of nitro groups is 1. The molecular formula is C26H21ClN4O4S2. The number of thiazole rings is 1. The number of carbonyl (C=O) groups is 2. The zero-order chi connectivity index (χ0) is 26.4. The Morgan fingerprint density at radius 1 is 1.08 bits per heavy atom. The number of rotatable bonds is 9. The Hall–Kier alpha value is -3.73. The van der Waals surface area contributed by atoms with E-state index in [0.29, 0.717) is 27.1 Å². The van der Waals surface area contributed by atoms with E-state index in [1.165, 1.54) is 35.2 Å². The summed E-state index contributed by atoms with van der Waals surface area (Å²) in [6.07, 6.45) is 0.241. The topological polar surface area (TPSA) is 114 Å². The summed E-state index contributed by atoms with van der Waals surface area (Å²) in [7, 11) is 0. The van der Waals surface area contributed by atoms with Crippen molar-refractivity contribution in [1.29, 1.82) is 0 Å². The van der Waals surface area contributed by atoms with Crippen molar-refractivity contribution >= 4 is 63.0 Å². The SMILES string of the molecule is CC(Sc1ccc(NC(=O)Cc2ccc(Cl)cc2)cc1)C(=O)Nc1nc(-c2cccc([N+](=O)[O-])c2)cs1. The Morgan fingerprint density at radius 2 is 1.81 bits per heavy atom. The van der Waals surface area contributed by atoms with Gasteiger partial charge in [0.15, 0.2) is 5.13 Å². The Balaban J connectivity index is 1.29. The van der Waals surface area contributed by atoms with E-state index in [4.69, 9.17) is 11.6 Å². The van der Waals surface area contributed by atoms with Gasteiger partial charge < -0.3 is 10.6 Å². The van der Waals surface area contributed by atoms with E-state index in [0.717, 1.165) is 10.5 Å². The number of halogens is 1. The van der Waals surface area contributed by atoms with Crippen molar-refractivity contribution in [1.82, 2.24) is 4.98 Å². The molecule has 0 spiro atoms. The minimum atomic E-state index is -0.459. The Kier molecular flexibility index (Phi) is 8.54. The summed E-state index contributed by atoms with van der Waals surface area (Å²) >= 11 is 8.50. The molecule has 0 saturated carbocycles. The number of thioether (sulfide) groups is 1. The largest absolute Gasteiger partial charge is 0.326 e. The molecule has 1 aromatic heterocycles. The molecule has 3 aromatic carbocycles. The number of nitro benzene ring substituents is 1. The normalized spacial score (nSPS) is 11.5. The van der Waals surface area contributed by atoms with E-state index < -0.39 is 10.2 Å². The number of amides is 2. The van der Waals surface area contributed by atoms with Gasteiger partial charge in [-0.1, -0.05) is 35.9 Å². The molecule has 11 heteroatoms. The van der Waals surface area contributed by atoms with E-state index in [1.807, 2.05) is 24.3 Å². The van der Waals surface area contributed by atoms with Gasteiger partial charge >= 0.3 is 0 Å². The number of benzene rings is 3. The maximum Gasteiger partial charge on any atom is 0.270 e. The van der Waals surface area contributed by atoms with E-state index in [1.54, 1.807) is 48.7 Å². The molecule has 4 aromatic rings. The lowest BCUT2D eigenvalue weighted by Gasteiger charge is -2.11. The third-order valence-electron chi connectivity index (χ3n) is 5.19. The molecule has 8 nitrogen and oxygen atoms in total. The summed E-state index contributed by atoms with van der Waals surface area (Å²) in [5, 5.41) is 19.0. The first-order valence-corrected chi connectivity index (χ1v) is 13.2. The van der Waals surface area contributed by atoms with Crippen LogP contribution in [0.1, 0.15) is 12.5 Å². The first kappa shape index (κ1) is 26.3. The van der Waals surface area contributed by atoms with Crippen LogP contribution in [0.25, 0.3) is 11.3 Å². The highest BCUT2D eigenvalue weighted by atomic mass is 35.5. The molecule has 37 heavy (non-hydrogen) atoms. The van der Waals surface area contributed by atoms with Gasteiger partial charge in [0, 0.05) is 38.7 Å². The van der Waals surface area contributed by atoms with Gasteiger partial charge in [-0.05, 0) is 48.9 Å². The summed E-state index contributed by atoms with van der Waals surface area (Å²) in [6, 6.07) is 20.6. The Bertz CT molecular complexity index is 1430. The maximum atomic E-state index is 12.7. The number of hydrogen-bond donors (Lipinski definition) is 2. The monoisotopic (exact) mass is 552 g/mol. The zero-order valence-corrected chi connectivity index (χ0v) is 21.9. The molecule has 0 fully saturated rings. The number of anilines is 2. The maximum absolute atomic E-state index is 12.7. The summed E-state index contributed by atoms with van der Waals surface area (Å²) in [4.78, 5) is 40.8.